The van der Waals surface area contributed by atoms with E-state index in [2.05, 4.69) is 5.32 Å². The smallest absolute Gasteiger partial charge is 0.410 e. The van der Waals surface area contributed by atoms with Crippen LogP contribution in [-0.2, 0) is 30.5 Å². The standard InChI is InChI=1S/C30H37N3O7S/c1-2-39-29(37)23(31-24-20-41-26-11-7-6-10-25(26)33(28(24)36)18-27(34)35)13-12-21-14-16-32(17-15-21)30(38)40-19-22-8-4-3-5-9-22/h3-11,21,23-24,31H,2,12-20H2,1H3,(H,34,35)/t23-,24?/m1/s1. The fourth-order valence-corrected chi connectivity index (χ4v) is 6.23. The van der Waals surface area contributed by atoms with Crippen molar-refractivity contribution >= 4 is 41.4 Å². The zero-order chi connectivity index (χ0) is 29.2. The van der Waals surface area contributed by atoms with Crippen molar-refractivity contribution in [1.29, 1.82) is 0 Å². The van der Waals surface area contributed by atoms with Crippen LogP contribution in [0, 0.1) is 5.92 Å². The van der Waals surface area contributed by atoms with Crippen molar-refractivity contribution < 1.29 is 33.8 Å². The van der Waals surface area contributed by atoms with Gasteiger partial charge in [-0.3, -0.25) is 24.6 Å². The number of likely N-dealkylation sites (tertiary alicyclic amines) is 1. The van der Waals surface area contributed by atoms with Crippen molar-refractivity contribution in [3.05, 3.63) is 60.2 Å². The first kappa shape index (κ1) is 30.4. The van der Waals surface area contributed by atoms with Gasteiger partial charge in [-0.1, -0.05) is 42.5 Å². The number of carbonyl (C=O) groups excluding carboxylic acids is 3. The molecule has 41 heavy (non-hydrogen) atoms. The number of amides is 2. The minimum absolute atomic E-state index is 0.213. The fraction of sp³-hybridized carbons (Fsp3) is 0.467. The van der Waals surface area contributed by atoms with Gasteiger partial charge in [-0.05, 0) is 56.2 Å². The van der Waals surface area contributed by atoms with Gasteiger partial charge in [-0.15, -0.1) is 11.8 Å². The summed E-state index contributed by atoms with van der Waals surface area (Å²) in [4.78, 5) is 54.3. The molecular formula is C30H37N3O7S. The van der Waals surface area contributed by atoms with Crippen molar-refractivity contribution in [2.24, 2.45) is 5.92 Å². The number of hydrogen-bond acceptors (Lipinski definition) is 8. The number of nitrogens with one attached hydrogen (secondary N) is 1. The second kappa shape index (κ2) is 14.9. The monoisotopic (exact) mass is 583 g/mol. The maximum absolute atomic E-state index is 13.5. The van der Waals surface area contributed by atoms with Gasteiger partial charge in [0.05, 0.1) is 18.3 Å². The molecule has 2 aromatic carbocycles. The molecule has 220 valence electrons. The molecule has 0 aliphatic carbocycles. The van der Waals surface area contributed by atoms with Crippen LogP contribution < -0.4 is 10.2 Å². The molecule has 1 saturated heterocycles. The zero-order valence-electron chi connectivity index (χ0n) is 23.2. The van der Waals surface area contributed by atoms with Gasteiger partial charge in [0.2, 0.25) is 5.91 Å². The molecule has 4 rings (SSSR count). The molecule has 2 atom stereocenters. The van der Waals surface area contributed by atoms with Crippen molar-refractivity contribution in [2.75, 3.05) is 36.9 Å². The van der Waals surface area contributed by atoms with Gasteiger partial charge in [-0.25, -0.2) is 4.79 Å². The summed E-state index contributed by atoms with van der Waals surface area (Å²) in [6.45, 7) is 2.88. The second-order valence-electron chi connectivity index (χ2n) is 10.2. The molecule has 0 saturated carbocycles. The Balaban J connectivity index is 1.33. The highest BCUT2D eigenvalue weighted by Gasteiger charge is 2.35. The zero-order valence-corrected chi connectivity index (χ0v) is 24.0. The van der Waals surface area contributed by atoms with E-state index in [-0.39, 0.29) is 25.2 Å². The van der Waals surface area contributed by atoms with E-state index in [9.17, 15) is 24.3 Å². The van der Waals surface area contributed by atoms with E-state index in [4.69, 9.17) is 9.47 Å². The molecule has 0 aromatic heterocycles. The number of carboxylic acids is 1. The molecule has 10 nitrogen and oxygen atoms in total. The Morgan fingerprint density at radius 3 is 2.46 bits per heavy atom. The van der Waals surface area contributed by atoms with Gasteiger partial charge in [0.1, 0.15) is 19.2 Å². The molecule has 2 aliphatic heterocycles. The predicted octanol–water partition coefficient (Wildman–Crippen LogP) is 3.93. The average Bonchev–Trinajstić information content (AvgIpc) is 3.11. The summed E-state index contributed by atoms with van der Waals surface area (Å²) in [6.07, 6.45) is 2.43. The highest BCUT2D eigenvalue weighted by Crippen LogP contribution is 2.34. The van der Waals surface area contributed by atoms with Crippen molar-refractivity contribution in [3.63, 3.8) is 0 Å². The molecule has 1 fully saturated rings. The number of hydrogen-bond donors (Lipinski definition) is 2. The summed E-state index contributed by atoms with van der Waals surface area (Å²) in [7, 11) is 0. The van der Waals surface area contributed by atoms with E-state index in [1.165, 1.54) is 16.7 Å². The number of benzene rings is 2. The molecule has 0 radical (unpaired) electrons. The van der Waals surface area contributed by atoms with Gasteiger partial charge in [-0.2, -0.15) is 0 Å². The maximum atomic E-state index is 13.5. The number of ether oxygens (including phenoxy) is 2. The summed E-state index contributed by atoms with van der Waals surface area (Å²) < 4.78 is 10.8. The average molecular weight is 584 g/mol. The maximum Gasteiger partial charge on any atom is 0.410 e. The first-order chi connectivity index (χ1) is 19.9. The van der Waals surface area contributed by atoms with Crippen LogP contribution in [0.15, 0.2) is 59.5 Å². The number of carbonyl (C=O) groups is 4. The van der Waals surface area contributed by atoms with Crippen molar-refractivity contribution in [3.8, 4) is 0 Å². The Labute approximate surface area is 244 Å². The SMILES string of the molecule is CCOC(=O)[C@@H](CCC1CCN(C(=O)OCc2ccccc2)CC1)NC1CSc2ccccc2N(CC(=O)O)C1=O. The Morgan fingerprint density at radius 2 is 1.76 bits per heavy atom. The lowest BCUT2D eigenvalue weighted by Crippen LogP contribution is -2.54. The highest BCUT2D eigenvalue weighted by atomic mass is 32.2. The number of anilines is 1. The minimum Gasteiger partial charge on any atom is -0.480 e. The Morgan fingerprint density at radius 1 is 1.05 bits per heavy atom. The Bertz CT molecular complexity index is 1200. The number of fused-ring (bicyclic) bond motifs is 1. The molecule has 2 N–H and O–H groups in total. The topological polar surface area (TPSA) is 125 Å². The van der Waals surface area contributed by atoms with Gasteiger partial charge in [0.25, 0.3) is 0 Å². The lowest BCUT2D eigenvalue weighted by atomic mass is 9.90. The van der Waals surface area contributed by atoms with E-state index >= 15 is 0 Å². The number of para-hydroxylation sites is 1. The van der Waals surface area contributed by atoms with Crippen LogP contribution in [0.3, 0.4) is 0 Å². The third-order valence-electron chi connectivity index (χ3n) is 7.33. The molecule has 0 bridgehead atoms. The van der Waals surface area contributed by atoms with E-state index in [0.717, 1.165) is 29.7 Å². The minimum atomic E-state index is -1.11. The second-order valence-corrected chi connectivity index (χ2v) is 11.2. The van der Waals surface area contributed by atoms with Gasteiger partial charge in [0.15, 0.2) is 0 Å². The van der Waals surface area contributed by atoms with Crippen LogP contribution in [0.25, 0.3) is 0 Å². The van der Waals surface area contributed by atoms with E-state index in [1.54, 1.807) is 24.0 Å². The molecule has 1 unspecified atom stereocenters. The number of nitrogens with zero attached hydrogens (tertiary/aromatic N) is 2. The molecule has 2 aromatic rings. The van der Waals surface area contributed by atoms with E-state index in [0.29, 0.717) is 36.9 Å². The molecule has 0 spiro atoms. The summed E-state index contributed by atoms with van der Waals surface area (Å²) in [5.74, 6) is -1.28. The van der Waals surface area contributed by atoms with Gasteiger partial charge in [0, 0.05) is 23.7 Å². The van der Waals surface area contributed by atoms with Crippen LogP contribution in [0.1, 0.15) is 38.2 Å². The summed E-state index contributed by atoms with van der Waals surface area (Å²) in [5, 5.41) is 12.7. The largest absolute Gasteiger partial charge is 0.480 e. The number of aliphatic carboxylic acids is 1. The lowest BCUT2D eigenvalue weighted by molar-refractivity contribution is -0.146. The van der Waals surface area contributed by atoms with Crippen LogP contribution in [0.5, 0.6) is 0 Å². The van der Waals surface area contributed by atoms with Crippen LogP contribution in [-0.4, -0.2) is 78.0 Å². The molecule has 2 heterocycles. The van der Waals surface area contributed by atoms with Crippen LogP contribution >= 0.6 is 11.8 Å². The lowest BCUT2D eigenvalue weighted by Gasteiger charge is -2.32. The number of esters is 1. The van der Waals surface area contributed by atoms with Crippen molar-refractivity contribution in [1.82, 2.24) is 10.2 Å². The third kappa shape index (κ3) is 8.46. The summed E-state index contributed by atoms with van der Waals surface area (Å²) in [6, 6.07) is 15.3. The summed E-state index contributed by atoms with van der Waals surface area (Å²) in [5.41, 5.74) is 1.49. The highest BCUT2D eigenvalue weighted by molar-refractivity contribution is 7.99. The van der Waals surface area contributed by atoms with Gasteiger partial charge < -0.3 is 19.5 Å². The molecular weight excluding hydrogens is 546 g/mol. The molecule has 2 amide bonds. The van der Waals surface area contributed by atoms with Crippen LogP contribution in [0.4, 0.5) is 10.5 Å². The predicted molar refractivity (Wildman–Crippen MR) is 155 cm³/mol. The normalized spacial score (nSPS) is 18.3. The third-order valence-corrected chi connectivity index (χ3v) is 8.49. The quantitative estimate of drug-likeness (QED) is 0.379. The number of thioether (sulfide) groups is 1. The fourth-order valence-electron chi connectivity index (χ4n) is 5.14. The molecule has 11 heteroatoms. The number of piperidine rings is 1. The van der Waals surface area contributed by atoms with E-state index in [1.807, 2.05) is 42.5 Å². The van der Waals surface area contributed by atoms with Gasteiger partial charge >= 0.3 is 18.0 Å². The molecule has 2 aliphatic rings. The Hall–Kier alpha value is -3.57. The number of rotatable bonds is 11. The Kier molecular flexibility index (Phi) is 11.0. The summed E-state index contributed by atoms with van der Waals surface area (Å²) >= 11 is 1.45. The first-order valence-corrected chi connectivity index (χ1v) is 15.0. The first-order valence-electron chi connectivity index (χ1n) is 14.0. The van der Waals surface area contributed by atoms with E-state index < -0.39 is 30.6 Å². The number of carboxylic acid groups (broad SMARTS) is 1. The van der Waals surface area contributed by atoms with Crippen LogP contribution in [0.2, 0.25) is 0 Å². The van der Waals surface area contributed by atoms with Crippen molar-refractivity contribution in [2.45, 2.75) is 56.2 Å².